The van der Waals surface area contributed by atoms with E-state index in [9.17, 15) is 9.90 Å². The van der Waals surface area contributed by atoms with Crippen LogP contribution in [-0.2, 0) is 9.53 Å². The molecule has 16 heavy (non-hydrogen) atoms. The number of hydrogen-bond donors (Lipinski definition) is 1. The molecular formula is C13H18O3. The number of benzene rings is 1. The average molecular weight is 222 g/mol. The first-order valence-electron chi connectivity index (χ1n) is 5.31. The van der Waals surface area contributed by atoms with E-state index >= 15 is 0 Å². The van der Waals surface area contributed by atoms with E-state index in [1.807, 2.05) is 18.2 Å². The fourth-order valence-electron chi connectivity index (χ4n) is 1.14. The molecule has 0 spiro atoms. The summed E-state index contributed by atoms with van der Waals surface area (Å²) >= 11 is 0. The molecular weight excluding hydrogens is 204 g/mol. The first-order chi connectivity index (χ1) is 7.41. The Morgan fingerprint density at radius 1 is 1.31 bits per heavy atom. The number of carbonyl (C=O) groups excluding carboxylic acids is 1. The van der Waals surface area contributed by atoms with Crippen LogP contribution in [0.25, 0.3) is 0 Å². The number of esters is 1. The van der Waals surface area contributed by atoms with Gasteiger partial charge in [0.2, 0.25) is 0 Å². The normalized spacial score (nSPS) is 13.2. The lowest BCUT2D eigenvalue weighted by Crippen LogP contribution is -2.25. The van der Waals surface area contributed by atoms with Crippen molar-refractivity contribution >= 4 is 5.97 Å². The summed E-state index contributed by atoms with van der Waals surface area (Å²) < 4.78 is 5.03. The highest BCUT2D eigenvalue weighted by atomic mass is 16.5. The van der Waals surface area contributed by atoms with Gasteiger partial charge in [-0.1, -0.05) is 30.3 Å². The van der Waals surface area contributed by atoms with Gasteiger partial charge in [0.15, 0.2) is 0 Å². The molecule has 1 unspecified atom stereocenters. The van der Waals surface area contributed by atoms with Crippen molar-refractivity contribution in [1.29, 1.82) is 0 Å². The lowest BCUT2D eigenvalue weighted by atomic mass is 9.97. The van der Waals surface area contributed by atoms with Crippen molar-refractivity contribution in [2.75, 3.05) is 6.61 Å². The minimum atomic E-state index is -0.757. The third kappa shape index (κ3) is 3.66. The average Bonchev–Trinajstić information content (AvgIpc) is 2.25. The van der Waals surface area contributed by atoms with Gasteiger partial charge in [-0.2, -0.15) is 0 Å². The molecule has 0 amide bonds. The first kappa shape index (κ1) is 12.7. The van der Waals surface area contributed by atoms with Crippen LogP contribution >= 0.6 is 0 Å². The summed E-state index contributed by atoms with van der Waals surface area (Å²) in [6.07, 6.45) is -0.757. The Morgan fingerprint density at radius 3 is 2.38 bits per heavy atom. The fraction of sp³-hybridized carbons (Fsp3) is 0.462. The zero-order valence-electron chi connectivity index (χ0n) is 9.93. The molecule has 0 aliphatic rings. The van der Waals surface area contributed by atoms with Crippen LogP contribution in [0.2, 0.25) is 0 Å². The Bertz CT molecular complexity index is 338. The van der Waals surface area contributed by atoms with Crippen molar-refractivity contribution in [3.63, 3.8) is 0 Å². The monoisotopic (exact) mass is 222 g/mol. The van der Waals surface area contributed by atoms with Crippen molar-refractivity contribution in [2.45, 2.75) is 26.9 Å². The quantitative estimate of drug-likeness (QED) is 0.798. The van der Waals surface area contributed by atoms with Crippen LogP contribution in [0.3, 0.4) is 0 Å². The van der Waals surface area contributed by atoms with Crippen molar-refractivity contribution in [3.05, 3.63) is 35.9 Å². The van der Waals surface area contributed by atoms with E-state index in [-0.39, 0.29) is 12.6 Å². The molecule has 0 fully saturated rings. The molecule has 1 aromatic carbocycles. The predicted molar refractivity (Wildman–Crippen MR) is 61.8 cm³/mol. The molecule has 0 saturated carbocycles. The summed E-state index contributed by atoms with van der Waals surface area (Å²) in [6.45, 7) is 5.35. The molecule has 1 atom stereocenters. The third-order valence-corrected chi connectivity index (χ3v) is 2.17. The van der Waals surface area contributed by atoms with Crippen molar-refractivity contribution < 1.29 is 14.6 Å². The van der Waals surface area contributed by atoms with Crippen LogP contribution in [0.4, 0.5) is 0 Å². The highest BCUT2D eigenvalue weighted by Crippen LogP contribution is 2.18. The maximum absolute atomic E-state index is 11.5. The lowest BCUT2D eigenvalue weighted by molar-refractivity contribution is -0.156. The number of rotatable bonds is 3. The van der Waals surface area contributed by atoms with E-state index in [1.54, 1.807) is 32.9 Å². The Labute approximate surface area is 96.1 Å². The molecule has 1 N–H and O–H groups in total. The maximum Gasteiger partial charge on any atom is 0.311 e. The van der Waals surface area contributed by atoms with Gasteiger partial charge in [-0.25, -0.2) is 0 Å². The molecule has 0 aliphatic heterocycles. The Hall–Kier alpha value is -1.35. The molecule has 0 saturated heterocycles. The minimum Gasteiger partial charge on any atom is -0.462 e. The third-order valence-electron chi connectivity index (χ3n) is 2.17. The van der Waals surface area contributed by atoms with E-state index in [1.165, 1.54) is 0 Å². The summed E-state index contributed by atoms with van der Waals surface area (Å²) in [4.78, 5) is 11.5. The zero-order valence-corrected chi connectivity index (χ0v) is 9.93. The first-order valence-corrected chi connectivity index (χ1v) is 5.31. The van der Waals surface area contributed by atoms with E-state index in [0.717, 1.165) is 5.56 Å². The van der Waals surface area contributed by atoms with Crippen LogP contribution in [-0.4, -0.2) is 17.7 Å². The van der Waals surface area contributed by atoms with Crippen molar-refractivity contribution in [3.8, 4) is 0 Å². The molecule has 3 nitrogen and oxygen atoms in total. The Balaban J connectivity index is 2.48. The zero-order chi connectivity index (χ0) is 12.2. The van der Waals surface area contributed by atoms with Crippen LogP contribution in [0.5, 0.6) is 0 Å². The molecule has 3 heteroatoms. The van der Waals surface area contributed by atoms with Gasteiger partial charge in [-0.15, -0.1) is 0 Å². The standard InChI is InChI=1S/C13H18O3/c1-13(2,3)12(15)16-9-11(14)10-7-5-4-6-8-10/h4-8,11,14H,9H2,1-3H3. The number of ether oxygens (including phenoxy) is 1. The second-order valence-electron chi connectivity index (χ2n) is 4.77. The van der Waals surface area contributed by atoms with Gasteiger partial charge < -0.3 is 9.84 Å². The Morgan fingerprint density at radius 2 is 1.88 bits per heavy atom. The minimum absolute atomic E-state index is 0.000116. The van der Waals surface area contributed by atoms with E-state index in [0.29, 0.717) is 0 Å². The smallest absolute Gasteiger partial charge is 0.311 e. The topological polar surface area (TPSA) is 46.5 Å². The second-order valence-corrected chi connectivity index (χ2v) is 4.77. The largest absolute Gasteiger partial charge is 0.462 e. The molecule has 0 heterocycles. The molecule has 0 aliphatic carbocycles. The van der Waals surface area contributed by atoms with Crippen molar-refractivity contribution in [1.82, 2.24) is 0 Å². The van der Waals surface area contributed by atoms with Crippen LogP contribution in [0.1, 0.15) is 32.4 Å². The van der Waals surface area contributed by atoms with Gasteiger partial charge in [0.25, 0.3) is 0 Å². The number of hydrogen-bond acceptors (Lipinski definition) is 3. The highest BCUT2D eigenvalue weighted by molar-refractivity contribution is 5.75. The SMILES string of the molecule is CC(C)(C)C(=O)OCC(O)c1ccccc1. The molecule has 88 valence electrons. The second kappa shape index (κ2) is 5.12. The molecule has 1 aromatic rings. The fourth-order valence-corrected chi connectivity index (χ4v) is 1.14. The van der Waals surface area contributed by atoms with E-state index in [2.05, 4.69) is 0 Å². The van der Waals surface area contributed by atoms with Crippen LogP contribution in [0, 0.1) is 5.41 Å². The molecule has 0 aromatic heterocycles. The van der Waals surface area contributed by atoms with E-state index < -0.39 is 11.5 Å². The predicted octanol–water partition coefficient (Wildman–Crippen LogP) is 2.31. The summed E-state index contributed by atoms with van der Waals surface area (Å²) in [5, 5.41) is 9.76. The maximum atomic E-state index is 11.5. The van der Waals surface area contributed by atoms with Gasteiger partial charge in [0, 0.05) is 0 Å². The molecule has 0 radical (unpaired) electrons. The summed E-state index contributed by atoms with van der Waals surface area (Å²) in [5.41, 5.74) is 0.223. The molecule has 1 rings (SSSR count). The Kier molecular flexibility index (Phi) is 4.07. The number of aliphatic hydroxyl groups excluding tert-OH is 1. The number of carbonyl (C=O) groups is 1. The van der Waals surface area contributed by atoms with Crippen LogP contribution in [0.15, 0.2) is 30.3 Å². The van der Waals surface area contributed by atoms with Crippen LogP contribution < -0.4 is 0 Å². The molecule has 0 bridgehead atoms. The number of aliphatic hydroxyl groups is 1. The van der Waals surface area contributed by atoms with Gasteiger partial charge in [-0.3, -0.25) is 4.79 Å². The van der Waals surface area contributed by atoms with E-state index in [4.69, 9.17) is 4.74 Å². The summed E-state index contributed by atoms with van der Waals surface area (Å²) in [5.74, 6) is -0.303. The van der Waals surface area contributed by atoms with Gasteiger partial charge in [0.1, 0.15) is 12.7 Å². The van der Waals surface area contributed by atoms with Gasteiger partial charge >= 0.3 is 5.97 Å². The lowest BCUT2D eigenvalue weighted by Gasteiger charge is -2.18. The summed E-state index contributed by atoms with van der Waals surface area (Å²) in [7, 11) is 0. The van der Waals surface area contributed by atoms with Crippen molar-refractivity contribution in [2.24, 2.45) is 5.41 Å². The van der Waals surface area contributed by atoms with Gasteiger partial charge in [-0.05, 0) is 26.3 Å². The summed E-state index contributed by atoms with van der Waals surface area (Å²) in [6, 6.07) is 9.15. The highest BCUT2D eigenvalue weighted by Gasteiger charge is 2.23. The van der Waals surface area contributed by atoms with Gasteiger partial charge in [0.05, 0.1) is 5.41 Å².